The van der Waals surface area contributed by atoms with E-state index in [1.54, 1.807) is 0 Å². The second-order valence-corrected chi connectivity index (χ2v) is 4.93. The Balaban J connectivity index is 2.78. The quantitative estimate of drug-likeness (QED) is 0.789. The van der Waals surface area contributed by atoms with Crippen molar-refractivity contribution in [3.05, 3.63) is 28.8 Å². The van der Waals surface area contributed by atoms with Crippen molar-refractivity contribution < 1.29 is 0 Å². The fourth-order valence-electron chi connectivity index (χ4n) is 1.81. The molecule has 1 rings (SSSR count). The number of rotatable bonds is 4. The number of nitrogens with one attached hydrogen (secondary N) is 1. The van der Waals surface area contributed by atoms with Crippen LogP contribution in [0.4, 0.5) is 5.69 Å². The van der Waals surface area contributed by atoms with E-state index in [4.69, 9.17) is 18.0 Å². The predicted octanol–water partition coefficient (Wildman–Crippen LogP) is 2.95. The van der Waals surface area contributed by atoms with Crippen molar-refractivity contribution in [2.75, 3.05) is 11.9 Å². The van der Waals surface area contributed by atoms with Crippen molar-refractivity contribution in [3.8, 4) is 0 Å². The molecule has 3 heteroatoms. The number of thiocarbonyl (C=S) groups is 1. The van der Waals surface area contributed by atoms with Crippen molar-refractivity contribution in [3.63, 3.8) is 0 Å². The van der Waals surface area contributed by atoms with Crippen molar-refractivity contribution in [2.24, 2.45) is 11.7 Å². The van der Waals surface area contributed by atoms with E-state index in [1.165, 1.54) is 22.4 Å². The van der Waals surface area contributed by atoms with Gasteiger partial charge in [-0.1, -0.05) is 36.8 Å². The Kier molecular flexibility index (Phi) is 4.30. The maximum absolute atomic E-state index is 5.59. The van der Waals surface area contributed by atoms with Crippen LogP contribution in [0.25, 0.3) is 0 Å². The van der Waals surface area contributed by atoms with Gasteiger partial charge in [0.1, 0.15) is 0 Å². The number of anilines is 1. The molecule has 1 unspecified atom stereocenters. The largest absolute Gasteiger partial charge is 0.393 e. The lowest BCUT2D eigenvalue weighted by Gasteiger charge is -2.16. The van der Waals surface area contributed by atoms with Crippen LogP contribution in [0.1, 0.15) is 23.6 Å². The van der Waals surface area contributed by atoms with Gasteiger partial charge in [0, 0.05) is 18.2 Å². The van der Waals surface area contributed by atoms with E-state index in [0.29, 0.717) is 4.99 Å². The molecule has 0 aliphatic rings. The Labute approximate surface area is 103 Å². The minimum Gasteiger partial charge on any atom is -0.393 e. The molecule has 0 heterocycles. The van der Waals surface area contributed by atoms with E-state index in [2.05, 4.69) is 38.2 Å². The molecule has 0 saturated heterocycles. The van der Waals surface area contributed by atoms with Crippen LogP contribution >= 0.6 is 12.2 Å². The minimum atomic E-state index is 0.218. The number of hydrogen-bond donors (Lipinski definition) is 2. The summed E-state index contributed by atoms with van der Waals surface area (Å²) in [7, 11) is 0. The lowest BCUT2D eigenvalue weighted by atomic mass is 10.0. The molecule has 16 heavy (non-hydrogen) atoms. The summed E-state index contributed by atoms with van der Waals surface area (Å²) in [6.45, 7) is 9.18. The van der Waals surface area contributed by atoms with Gasteiger partial charge in [0.15, 0.2) is 0 Å². The van der Waals surface area contributed by atoms with Crippen LogP contribution < -0.4 is 11.1 Å². The fourth-order valence-corrected chi connectivity index (χ4v) is 1.90. The molecule has 0 fully saturated rings. The van der Waals surface area contributed by atoms with Gasteiger partial charge in [0.25, 0.3) is 0 Å². The first-order chi connectivity index (χ1) is 7.41. The lowest BCUT2D eigenvalue weighted by Crippen LogP contribution is -2.25. The highest BCUT2D eigenvalue weighted by molar-refractivity contribution is 7.80. The maximum atomic E-state index is 5.59. The van der Waals surface area contributed by atoms with E-state index < -0.39 is 0 Å². The maximum Gasteiger partial charge on any atom is 0.0773 e. The van der Waals surface area contributed by atoms with Crippen molar-refractivity contribution in [1.29, 1.82) is 0 Å². The molecule has 1 atom stereocenters. The minimum absolute atomic E-state index is 0.218. The van der Waals surface area contributed by atoms with Crippen LogP contribution in [0.5, 0.6) is 0 Å². The van der Waals surface area contributed by atoms with Gasteiger partial charge in [-0.25, -0.2) is 0 Å². The molecule has 2 nitrogen and oxygen atoms in total. The third-order valence-corrected chi connectivity index (χ3v) is 3.15. The molecular weight excluding hydrogens is 216 g/mol. The summed E-state index contributed by atoms with van der Waals surface area (Å²) in [6, 6.07) is 4.36. The SMILES string of the molecule is Cc1cc(C)c(NCC(C)C(N)=S)c(C)c1. The monoisotopic (exact) mass is 236 g/mol. The first kappa shape index (κ1) is 13.0. The molecule has 3 N–H and O–H groups in total. The van der Waals surface area contributed by atoms with Crippen LogP contribution in [0.15, 0.2) is 12.1 Å². The third kappa shape index (κ3) is 3.20. The normalized spacial score (nSPS) is 12.2. The predicted molar refractivity (Wildman–Crippen MR) is 75.1 cm³/mol. The Bertz CT molecular complexity index is 376. The van der Waals surface area contributed by atoms with Crippen LogP contribution in [0.3, 0.4) is 0 Å². The van der Waals surface area contributed by atoms with Gasteiger partial charge in [-0.2, -0.15) is 0 Å². The second kappa shape index (κ2) is 5.30. The van der Waals surface area contributed by atoms with Crippen LogP contribution in [-0.2, 0) is 0 Å². The molecular formula is C13H20N2S. The molecule has 0 spiro atoms. The molecule has 0 aliphatic carbocycles. The molecule has 0 saturated carbocycles. The molecule has 88 valence electrons. The van der Waals surface area contributed by atoms with Gasteiger partial charge in [0.2, 0.25) is 0 Å². The highest BCUT2D eigenvalue weighted by Gasteiger charge is 2.07. The Hall–Kier alpha value is -1.09. The summed E-state index contributed by atoms with van der Waals surface area (Å²) in [5.41, 5.74) is 10.6. The molecule has 1 aromatic carbocycles. The standard InChI is InChI=1S/C13H20N2S/c1-8-5-9(2)12(10(3)6-8)15-7-11(4)13(14)16/h5-6,11,15H,7H2,1-4H3,(H2,14,16). The summed E-state index contributed by atoms with van der Waals surface area (Å²) < 4.78 is 0. The topological polar surface area (TPSA) is 38.0 Å². The van der Waals surface area contributed by atoms with E-state index in [9.17, 15) is 0 Å². The first-order valence-corrected chi connectivity index (χ1v) is 5.93. The van der Waals surface area contributed by atoms with E-state index in [-0.39, 0.29) is 5.92 Å². The van der Waals surface area contributed by atoms with Crippen LogP contribution in [-0.4, -0.2) is 11.5 Å². The van der Waals surface area contributed by atoms with E-state index >= 15 is 0 Å². The third-order valence-electron chi connectivity index (χ3n) is 2.75. The summed E-state index contributed by atoms with van der Waals surface area (Å²) in [6.07, 6.45) is 0. The molecule has 0 amide bonds. The van der Waals surface area contributed by atoms with Gasteiger partial charge < -0.3 is 11.1 Å². The van der Waals surface area contributed by atoms with E-state index in [1.807, 2.05) is 6.92 Å². The zero-order valence-electron chi connectivity index (χ0n) is 10.4. The second-order valence-electron chi connectivity index (χ2n) is 4.46. The van der Waals surface area contributed by atoms with Crippen LogP contribution in [0.2, 0.25) is 0 Å². The number of nitrogens with two attached hydrogens (primary N) is 1. The van der Waals surface area contributed by atoms with Gasteiger partial charge in [-0.3, -0.25) is 0 Å². The highest BCUT2D eigenvalue weighted by atomic mass is 32.1. The van der Waals surface area contributed by atoms with Crippen molar-refractivity contribution >= 4 is 22.9 Å². The van der Waals surface area contributed by atoms with E-state index in [0.717, 1.165) is 6.54 Å². The van der Waals surface area contributed by atoms with Gasteiger partial charge >= 0.3 is 0 Å². The first-order valence-electron chi connectivity index (χ1n) is 5.53. The zero-order chi connectivity index (χ0) is 12.3. The molecule has 0 aliphatic heterocycles. The number of hydrogen-bond acceptors (Lipinski definition) is 2. The smallest absolute Gasteiger partial charge is 0.0773 e. The van der Waals surface area contributed by atoms with Crippen molar-refractivity contribution in [2.45, 2.75) is 27.7 Å². The Morgan fingerprint density at radius 3 is 2.25 bits per heavy atom. The van der Waals surface area contributed by atoms with Crippen LogP contribution in [0, 0.1) is 26.7 Å². The summed E-state index contributed by atoms with van der Waals surface area (Å²) in [5.74, 6) is 0.218. The number of benzene rings is 1. The van der Waals surface area contributed by atoms with Gasteiger partial charge in [0.05, 0.1) is 4.99 Å². The fraction of sp³-hybridized carbons (Fsp3) is 0.462. The van der Waals surface area contributed by atoms with Crippen molar-refractivity contribution in [1.82, 2.24) is 0 Å². The highest BCUT2D eigenvalue weighted by Crippen LogP contribution is 2.22. The lowest BCUT2D eigenvalue weighted by molar-refractivity contribution is 0.819. The van der Waals surface area contributed by atoms with Gasteiger partial charge in [-0.15, -0.1) is 0 Å². The summed E-state index contributed by atoms with van der Waals surface area (Å²) in [4.78, 5) is 0.565. The summed E-state index contributed by atoms with van der Waals surface area (Å²) in [5, 5.41) is 3.42. The molecule has 0 aromatic heterocycles. The van der Waals surface area contributed by atoms with Gasteiger partial charge in [-0.05, 0) is 31.9 Å². The Morgan fingerprint density at radius 2 is 1.81 bits per heavy atom. The molecule has 0 radical (unpaired) electrons. The molecule has 1 aromatic rings. The summed E-state index contributed by atoms with van der Waals surface area (Å²) >= 11 is 4.96. The average Bonchev–Trinajstić information content (AvgIpc) is 2.15. The Morgan fingerprint density at radius 1 is 1.31 bits per heavy atom. The average molecular weight is 236 g/mol. The molecule has 0 bridgehead atoms. The zero-order valence-corrected chi connectivity index (χ0v) is 11.2. The number of aryl methyl sites for hydroxylation is 3.